The highest BCUT2D eigenvalue weighted by molar-refractivity contribution is 5.87. The lowest BCUT2D eigenvalue weighted by molar-refractivity contribution is -0.141. The van der Waals surface area contributed by atoms with E-state index >= 15 is 0 Å². The number of esters is 1. The third kappa shape index (κ3) is 8.83. The van der Waals surface area contributed by atoms with E-state index in [1.165, 1.54) is 14.0 Å². The molecule has 0 aliphatic heterocycles. The first-order valence-electron chi connectivity index (χ1n) is 5.97. The molecule has 0 rings (SSSR count). The van der Waals surface area contributed by atoms with Gasteiger partial charge in [0, 0.05) is 13.7 Å². The summed E-state index contributed by atoms with van der Waals surface area (Å²) in [5.74, 6) is -0.863. The molecule has 0 bridgehead atoms. The van der Waals surface area contributed by atoms with Gasteiger partial charge in [-0.3, -0.25) is 9.59 Å². The molecular weight excluding hydrogens is 254 g/mol. The van der Waals surface area contributed by atoms with Crippen LogP contribution in [0.15, 0.2) is 0 Å². The van der Waals surface area contributed by atoms with Crippen molar-refractivity contribution < 1.29 is 23.9 Å². The second-order valence-corrected chi connectivity index (χ2v) is 3.64. The van der Waals surface area contributed by atoms with E-state index in [0.717, 1.165) is 0 Å². The van der Waals surface area contributed by atoms with Gasteiger partial charge in [-0.2, -0.15) is 0 Å². The van der Waals surface area contributed by atoms with Crippen molar-refractivity contribution in [1.29, 1.82) is 0 Å². The smallest absolute Gasteiger partial charge is 0.325 e. The normalized spacial score (nSPS) is 11.3. The van der Waals surface area contributed by atoms with Gasteiger partial charge in [0.2, 0.25) is 5.91 Å². The molecule has 0 aromatic heterocycles. The van der Waals surface area contributed by atoms with Crippen molar-refractivity contribution in [3.63, 3.8) is 0 Å². The van der Waals surface area contributed by atoms with Crippen molar-refractivity contribution in [3.8, 4) is 0 Å². The molecule has 0 aliphatic rings. The van der Waals surface area contributed by atoms with Gasteiger partial charge in [0.15, 0.2) is 0 Å². The lowest BCUT2D eigenvalue weighted by Gasteiger charge is -2.14. The minimum absolute atomic E-state index is 0.238. The molecule has 1 unspecified atom stereocenters. The largest absolute Gasteiger partial charge is 0.465 e. The van der Waals surface area contributed by atoms with Gasteiger partial charge in [-0.25, -0.2) is 4.79 Å². The van der Waals surface area contributed by atoms with E-state index in [1.54, 1.807) is 6.92 Å². The molecule has 0 aromatic carbocycles. The summed E-state index contributed by atoms with van der Waals surface area (Å²) in [6.45, 7) is 3.98. The molecule has 0 radical (unpaired) electrons. The monoisotopic (exact) mass is 275 g/mol. The van der Waals surface area contributed by atoms with Crippen molar-refractivity contribution in [2.24, 2.45) is 0 Å². The Morgan fingerprint density at radius 2 is 1.89 bits per heavy atom. The molecule has 0 fully saturated rings. The van der Waals surface area contributed by atoms with Crippen LogP contribution >= 0.6 is 0 Å². The molecule has 3 amide bonds. The van der Waals surface area contributed by atoms with Crippen LogP contribution in [-0.4, -0.2) is 57.4 Å². The van der Waals surface area contributed by atoms with Gasteiger partial charge < -0.3 is 25.4 Å². The molecule has 0 aromatic rings. The third-order valence-electron chi connectivity index (χ3n) is 2.04. The maximum Gasteiger partial charge on any atom is 0.325 e. The first-order valence-corrected chi connectivity index (χ1v) is 5.97. The number of rotatable bonds is 8. The standard InChI is InChI=1S/C11H21N3O5/c1-4-19-9(15)7-13-11(17)14-8(2)10(16)12-5-6-18-3/h8H,4-7H2,1-3H3,(H,12,16)(H2,13,14,17). The van der Waals surface area contributed by atoms with Crippen molar-refractivity contribution >= 4 is 17.9 Å². The number of hydrogen-bond acceptors (Lipinski definition) is 5. The van der Waals surface area contributed by atoms with Crippen LogP contribution in [0.25, 0.3) is 0 Å². The van der Waals surface area contributed by atoms with Crippen LogP contribution in [0.2, 0.25) is 0 Å². The predicted molar refractivity (Wildman–Crippen MR) is 67.5 cm³/mol. The van der Waals surface area contributed by atoms with E-state index in [1.807, 2.05) is 0 Å². The Morgan fingerprint density at radius 3 is 2.47 bits per heavy atom. The SMILES string of the molecule is CCOC(=O)CNC(=O)NC(C)C(=O)NCCOC. The lowest BCUT2D eigenvalue weighted by Crippen LogP contribution is -2.49. The Labute approximate surface area is 112 Å². The molecule has 3 N–H and O–H groups in total. The Kier molecular flexibility index (Phi) is 9.15. The summed E-state index contributed by atoms with van der Waals surface area (Å²) in [7, 11) is 1.52. The van der Waals surface area contributed by atoms with E-state index < -0.39 is 18.0 Å². The van der Waals surface area contributed by atoms with E-state index in [2.05, 4.69) is 20.7 Å². The summed E-state index contributed by atoms with van der Waals surface area (Å²) >= 11 is 0. The maximum atomic E-state index is 11.5. The second kappa shape index (κ2) is 10.1. The lowest BCUT2D eigenvalue weighted by atomic mass is 10.3. The van der Waals surface area contributed by atoms with Crippen molar-refractivity contribution in [2.45, 2.75) is 19.9 Å². The molecule has 1 atom stereocenters. The number of ether oxygens (including phenoxy) is 2. The maximum absolute atomic E-state index is 11.5. The second-order valence-electron chi connectivity index (χ2n) is 3.64. The average molecular weight is 275 g/mol. The molecule has 8 heteroatoms. The molecule has 0 spiro atoms. The zero-order valence-electron chi connectivity index (χ0n) is 11.4. The first-order chi connectivity index (χ1) is 9.01. The van der Waals surface area contributed by atoms with Crippen LogP contribution < -0.4 is 16.0 Å². The summed E-state index contributed by atoms with van der Waals surface area (Å²) in [5.41, 5.74) is 0. The van der Waals surface area contributed by atoms with Crippen LogP contribution in [0.5, 0.6) is 0 Å². The highest BCUT2D eigenvalue weighted by Gasteiger charge is 2.15. The Balaban J connectivity index is 3.85. The van der Waals surface area contributed by atoms with E-state index in [4.69, 9.17) is 4.74 Å². The highest BCUT2D eigenvalue weighted by Crippen LogP contribution is 1.83. The molecule has 19 heavy (non-hydrogen) atoms. The molecule has 8 nitrogen and oxygen atoms in total. The summed E-state index contributed by atoms with van der Waals surface area (Å²) in [4.78, 5) is 33.8. The fraction of sp³-hybridized carbons (Fsp3) is 0.727. The van der Waals surface area contributed by atoms with E-state index in [0.29, 0.717) is 13.2 Å². The first kappa shape index (κ1) is 17.2. The fourth-order valence-corrected chi connectivity index (χ4v) is 1.11. The molecule has 0 heterocycles. The van der Waals surface area contributed by atoms with Gasteiger partial charge in [-0.1, -0.05) is 0 Å². The van der Waals surface area contributed by atoms with Crippen molar-refractivity contribution in [2.75, 3.05) is 33.4 Å². The number of nitrogens with one attached hydrogen (secondary N) is 3. The molecular formula is C11H21N3O5. The van der Waals surface area contributed by atoms with Crippen LogP contribution in [0.4, 0.5) is 4.79 Å². The summed E-state index contributed by atoms with van der Waals surface area (Å²) in [6, 6.07) is -1.32. The minimum Gasteiger partial charge on any atom is -0.465 e. The number of hydrogen-bond donors (Lipinski definition) is 3. The minimum atomic E-state index is -0.709. The van der Waals surface area contributed by atoms with Gasteiger partial charge >= 0.3 is 12.0 Å². The van der Waals surface area contributed by atoms with Gasteiger partial charge in [0.1, 0.15) is 12.6 Å². The zero-order valence-corrected chi connectivity index (χ0v) is 11.4. The summed E-state index contributed by atoms with van der Waals surface area (Å²) in [5, 5.41) is 7.26. The third-order valence-corrected chi connectivity index (χ3v) is 2.04. The fourth-order valence-electron chi connectivity index (χ4n) is 1.11. The Bertz CT molecular complexity index is 309. The molecule has 0 saturated heterocycles. The average Bonchev–Trinajstić information content (AvgIpc) is 2.36. The highest BCUT2D eigenvalue weighted by atomic mass is 16.5. The van der Waals surface area contributed by atoms with Crippen LogP contribution in [-0.2, 0) is 19.1 Å². The number of methoxy groups -OCH3 is 1. The summed E-state index contributed by atoms with van der Waals surface area (Å²) < 4.78 is 9.41. The summed E-state index contributed by atoms with van der Waals surface area (Å²) in [6.07, 6.45) is 0. The van der Waals surface area contributed by atoms with Gasteiger partial charge in [-0.05, 0) is 13.8 Å². The van der Waals surface area contributed by atoms with Crippen LogP contribution in [0.1, 0.15) is 13.8 Å². The van der Waals surface area contributed by atoms with Crippen molar-refractivity contribution in [3.05, 3.63) is 0 Å². The number of carbonyl (C=O) groups excluding carboxylic acids is 3. The predicted octanol–water partition coefficient (Wildman–Crippen LogP) is -1.00. The molecule has 0 aliphatic carbocycles. The van der Waals surface area contributed by atoms with Crippen LogP contribution in [0.3, 0.4) is 0 Å². The quantitative estimate of drug-likeness (QED) is 0.389. The van der Waals surface area contributed by atoms with Gasteiger partial charge in [0.25, 0.3) is 0 Å². The Hall–Kier alpha value is -1.83. The topological polar surface area (TPSA) is 106 Å². The van der Waals surface area contributed by atoms with E-state index in [-0.39, 0.29) is 19.1 Å². The molecule has 0 saturated carbocycles. The number of carbonyl (C=O) groups is 3. The number of urea groups is 1. The zero-order chi connectivity index (χ0) is 14.7. The number of amides is 3. The van der Waals surface area contributed by atoms with Gasteiger partial charge in [0.05, 0.1) is 13.2 Å². The van der Waals surface area contributed by atoms with Gasteiger partial charge in [-0.15, -0.1) is 0 Å². The molecule has 110 valence electrons. The van der Waals surface area contributed by atoms with E-state index in [9.17, 15) is 14.4 Å². The van der Waals surface area contributed by atoms with Crippen LogP contribution in [0, 0.1) is 0 Å². The Morgan fingerprint density at radius 1 is 1.21 bits per heavy atom. The van der Waals surface area contributed by atoms with Crippen molar-refractivity contribution in [1.82, 2.24) is 16.0 Å².